The summed E-state index contributed by atoms with van der Waals surface area (Å²) in [6, 6.07) is 19.8. The van der Waals surface area contributed by atoms with E-state index in [-0.39, 0.29) is 11.5 Å². The van der Waals surface area contributed by atoms with Gasteiger partial charge in [0.05, 0.1) is 12.8 Å². The minimum Gasteiger partial charge on any atom is -0.497 e. The van der Waals surface area contributed by atoms with Crippen LogP contribution in [0.4, 0.5) is 5.82 Å². The van der Waals surface area contributed by atoms with Crippen LogP contribution < -0.4 is 15.2 Å². The average molecular weight is 390 g/mol. The van der Waals surface area contributed by atoms with Crippen molar-refractivity contribution in [2.75, 3.05) is 38.2 Å². The number of ether oxygens (including phenoxy) is 1. The van der Waals surface area contributed by atoms with Gasteiger partial charge < -0.3 is 14.5 Å². The molecule has 148 valence electrons. The lowest BCUT2D eigenvalue weighted by molar-refractivity contribution is 0.0746. The molecular weight excluding hydrogens is 368 g/mol. The molecule has 4 rings (SSSR count). The lowest BCUT2D eigenvalue weighted by Gasteiger charge is -2.35. The standard InChI is InChI=1S/C22H22N4O3/c1-29-19-9-7-17(8-10-19)22(28)25-15-13-24(14-16-25)20-11-12-21(27)26(23-20)18-5-3-2-4-6-18/h2-12H,13-16H2,1H3. The summed E-state index contributed by atoms with van der Waals surface area (Å²) in [6.45, 7) is 2.50. The summed E-state index contributed by atoms with van der Waals surface area (Å²) in [6.07, 6.45) is 0. The largest absolute Gasteiger partial charge is 0.497 e. The molecule has 0 saturated carbocycles. The number of rotatable bonds is 4. The first-order valence-electron chi connectivity index (χ1n) is 9.50. The zero-order valence-electron chi connectivity index (χ0n) is 16.2. The van der Waals surface area contributed by atoms with E-state index in [4.69, 9.17) is 4.74 Å². The van der Waals surface area contributed by atoms with Crippen LogP contribution in [-0.2, 0) is 0 Å². The van der Waals surface area contributed by atoms with E-state index in [0.29, 0.717) is 31.7 Å². The van der Waals surface area contributed by atoms with Crippen molar-refractivity contribution >= 4 is 11.7 Å². The van der Waals surface area contributed by atoms with Crippen LogP contribution in [0.3, 0.4) is 0 Å². The zero-order chi connectivity index (χ0) is 20.2. The lowest BCUT2D eigenvalue weighted by atomic mass is 10.1. The van der Waals surface area contributed by atoms with Gasteiger partial charge >= 0.3 is 0 Å². The Hall–Kier alpha value is -3.61. The Labute approximate surface area is 168 Å². The Kier molecular flexibility index (Phi) is 5.29. The van der Waals surface area contributed by atoms with E-state index in [1.807, 2.05) is 35.2 Å². The molecule has 0 N–H and O–H groups in total. The number of benzene rings is 2. The van der Waals surface area contributed by atoms with Crippen molar-refractivity contribution in [3.8, 4) is 11.4 Å². The second-order valence-electron chi connectivity index (χ2n) is 6.78. The number of hydrogen-bond donors (Lipinski definition) is 0. The quantitative estimate of drug-likeness (QED) is 0.683. The predicted molar refractivity (Wildman–Crippen MR) is 111 cm³/mol. The van der Waals surface area contributed by atoms with Gasteiger partial charge in [-0.1, -0.05) is 18.2 Å². The first-order valence-corrected chi connectivity index (χ1v) is 9.50. The molecular formula is C22H22N4O3. The number of carbonyl (C=O) groups excluding carboxylic acids is 1. The number of hydrogen-bond acceptors (Lipinski definition) is 5. The second kappa shape index (κ2) is 8.18. The average Bonchev–Trinajstić information content (AvgIpc) is 2.80. The third-order valence-electron chi connectivity index (χ3n) is 5.01. The van der Waals surface area contributed by atoms with E-state index in [1.54, 1.807) is 37.4 Å². The highest BCUT2D eigenvalue weighted by Crippen LogP contribution is 2.17. The summed E-state index contributed by atoms with van der Waals surface area (Å²) >= 11 is 0. The van der Waals surface area contributed by atoms with E-state index in [1.165, 1.54) is 10.7 Å². The number of anilines is 1. The SMILES string of the molecule is COc1ccc(C(=O)N2CCN(c3ccc(=O)n(-c4ccccc4)n3)CC2)cc1. The fraction of sp³-hybridized carbons (Fsp3) is 0.227. The molecule has 0 atom stereocenters. The van der Waals surface area contributed by atoms with Crippen LogP contribution in [0.2, 0.25) is 0 Å². The van der Waals surface area contributed by atoms with E-state index < -0.39 is 0 Å². The van der Waals surface area contributed by atoms with Crippen LogP contribution in [-0.4, -0.2) is 53.9 Å². The normalized spacial score (nSPS) is 14.0. The topological polar surface area (TPSA) is 67.7 Å². The first kappa shape index (κ1) is 18.7. The van der Waals surface area contributed by atoms with Gasteiger partial charge in [-0.2, -0.15) is 4.68 Å². The van der Waals surface area contributed by atoms with Crippen molar-refractivity contribution in [2.24, 2.45) is 0 Å². The van der Waals surface area contributed by atoms with Crippen LogP contribution in [0.1, 0.15) is 10.4 Å². The third kappa shape index (κ3) is 3.99. The predicted octanol–water partition coefficient (Wildman–Crippen LogP) is 2.20. The van der Waals surface area contributed by atoms with Crippen LogP contribution in [0.15, 0.2) is 71.5 Å². The molecule has 1 aliphatic rings. The van der Waals surface area contributed by atoms with Gasteiger partial charge in [-0.25, -0.2) is 0 Å². The van der Waals surface area contributed by atoms with Crippen molar-refractivity contribution in [3.63, 3.8) is 0 Å². The summed E-state index contributed by atoms with van der Waals surface area (Å²) < 4.78 is 6.55. The fourth-order valence-corrected chi connectivity index (χ4v) is 3.38. The van der Waals surface area contributed by atoms with Gasteiger partial charge in [0.2, 0.25) is 0 Å². The molecule has 2 heterocycles. The Morgan fingerprint density at radius 2 is 1.59 bits per heavy atom. The minimum atomic E-state index is -0.173. The van der Waals surface area contributed by atoms with Crippen LogP contribution in [0.25, 0.3) is 5.69 Å². The maximum atomic E-state index is 12.7. The molecule has 3 aromatic rings. The first-order chi connectivity index (χ1) is 14.2. The molecule has 0 bridgehead atoms. The maximum absolute atomic E-state index is 12.7. The van der Waals surface area contributed by atoms with Crippen molar-refractivity contribution in [1.82, 2.24) is 14.7 Å². The van der Waals surface area contributed by atoms with E-state index in [2.05, 4.69) is 10.00 Å². The summed E-state index contributed by atoms with van der Waals surface area (Å²) in [5, 5.41) is 4.53. The smallest absolute Gasteiger partial charge is 0.271 e. The summed E-state index contributed by atoms with van der Waals surface area (Å²) in [5.74, 6) is 1.46. The number of nitrogens with zero attached hydrogens (tertiary/aromatic N) is 4. The van der Waals surface area contributed by atoms with Gasteiger partial charge in [-0.3, -0.25) is 9.59 Å². The van der Waals surface area contributed by atoms with Crippen LogP contribution >= 0.6 is 0 Å². The van der Waals surface area contributed by atoms with Gasteiger partial charge in [-0.05, 0) is 42.5 Å². The Morgan fingerprint density at radius 1 is 0.897 bits per heavy atom. The minimum absolute atomic E-state index is 0.00881. The molecule has 1 fully saturated rings. The zero-order valence-corrected chi connectivity index (χ0v) is 16.2. The number of methoxy groups -OCH3 is 1. The molecule has 1 saturated heterocycles. The monoisotopic (exact) mass is 390 g/mol. The molecule has 7 heteroatoms. The molecule has 0 aliphatic carbocycles. The summed E-state index contributed by atoms with van der Waals surface area (Å²) in [4.78, 5) is 28.9. The van der Waals surface area contributed by atoms with E-state index in [9.17, 15) is 9.59 Å². The lowest BCUT2D eigenvalue weighted by Crippen LogP contribution is -2.49. The highest BCUT2D eigenvalue weighted by Gasteiger charge is 2.23. The third-order valence-corrected chi connectivity index (χ3v) is 5.01. The Balaban J connectivity index is 1.45. The van der Waals surface area contributed by atoms with E-state index in [0.717, 1.165) is 17.3 Å². The van der Waals surface area contributed by atoms with Crippen LogP contribution in [0.5, 0.6) is 5.75 Å². The molecule has 7 nitrogen and oxygen atoms in total. The van der Waals surface area contributed by atoms with Crippen molar-refractivity contribution in [3.05, 3.63) is 82.6 Å². The summed E-state index contributed by atoms with van der Waals surface area (Å²) in [5.41, 5.74) is 1.20. The molecule has 1 aromatic heterocycles. The molecule has 0 unspecified atom stereocenters. The molecule has 1 aliphatic heterocycles. The van der Waals surface area contributed by atoms with Gasteiger partial charge in [-0.15, -0.1) is 5.10 Å². The molecule has 2 aromatic carbocycles. The summed E-state index contributed by atoms with van der Waals surface area (Å²) in [7, 11) is 1.60. The Bertz CT molecular complexity index is 1040. The number of piperazine rings is 1. The molecule has 0 radical (unpaired) electrons. The number of para-hydroxylation sites is 1. The van der Waals surface area contributed by atoms with E-state index >= 15 is 0 Å². The van der Waals surface area contributed by atoms with Crippen molar-refractivity contribution in [2.45, 2.75) is 0 Å². The molecule has 0 spiro atoms. The van der Waals surface area contributed by atoms with Crippen LogP contribution in [0, 0.1) is 0 Å². The Morgan fingerprint density at radius 3 is 2.24 bits per heavy atom. The second-order valence-corrected chi connectivity index (χ2v) is 6.78. The fourth-order valence-electron chi connectivity index (χ4n) is 3.38. The molecule has 29 heavy (non-hydrogen) atoms. The number of amides is 1. The van der Waals surface area contributed by atoms with Crippen molar-refractivity contribution in [1.29, 1.82) is 0 Å². The van der Waals surface area contributed by atoms with Gasteiger partial charge in [0, 0.05) is 37.8 Å². The molecule has 1 amide bonds. The van der Waals surface area contributed by atoms with Crippen molar-refractivity contribution < 1.29 is 9.53 Å². The number of aromatic nitrogens is 2. The van der Waals surface area contributed by atoms with Gasteiger partial charge in [0.1, 0.15) is 11.6 Å². The highest BCUT2D eigenvalue weighted by molar-refractivity contribution is 5.94. The van der Waals surface area contributed by atoms with Gasteiger partial charge in [0.15, 0.2) is 0 Å². The highest BCUT2D eigenvalue weighted by atomic mass is 16.5. The maximum Gasteiger partial charge on any atom is 0.271 e. The van der Waals surface area contributed by atoms with Gasteiger partial charge in [0.25, 0.3) is 11.5 Å². The number of carbonyl (C=O) groups is 1.